The predicted molar refractivity (Wildman–Crippen MR) is 107 cm³/mol. The quantitative estimate of drug-likeness (QED) is 0.817. The topological polar surface area (TPSA) is 60.3 Å². The number of fused-ring (bicyclic) bond motifs is 1. The molecule has 0 aliphatic carbocycles. The molecule has 2 unspecified atom stereocenters. The van der Waals surface area contributed by atoms with Gasteiger partial charge in [0.2, 0.25) is 0 Å². The van der Waals surface area contributed by atoms with Gasteiger partial charge in [-0.15, -0.1) is 0 Å². The molecule has 26 heavy (non-hydrogen) atoms. The summed E-state index contributed by atoms with van der Waals surface area (Å²) in [5.41, 5.74) is 3.39. The Labute approximate surface area is 156 Å². The molecule has 0 aromatic heterocycles. The molecule has 140 valence electrons. The molecule has 3 rings (SSSR count). The number of benzene rings is 1. The van der Waals surface area contributed by atoms with Gasteiger partial charge in [0.1, 0.15) is 11.9 Å². The number of carbonyl (C=O) groups is 1. The number of nitrogens with zero attached hydrogens (tertiary/aromatic N) is 4. The van der Waals surface area contributed by atoms with E-state index in [0.29, 0.717) is 6.42 Å². The molecule has 0 fully saturated rings. The van der Waals surface area contributed by atoms with Gasteiger partial charge in [0.05, 0.1) is 5.71 Å². The monoisotopic (exact) mass is 355 g/mol. The van der Waals surface area contributed by atoms with Crippen molar-refractivity contribution < 1.29 is 4.79 Å². The maximum atomic E-state index is 12.5. The molecular formula is C20H29N5O. The Balaban J connectivity index is 1.76. The van der Waals surface area contributed by atoms with Crippen molar-refractivity contribution >= 4 is 23.1 Å². The fourth-order valence-electron chi connectivity index (χ4n) is 3.74. The third kappa shape index (κ3) is 3.59. The standard InChI is InChI=1S/C20H29N5O/c1-5-8-16-18-19(24(4)23-16)20(26)22-17(21-18)13-14-9-11-15(12-10-14)25(6-2)7-3/h9-12,18-19H,5-8,13H2,1-4H3,(H,21,22,26). The minimum Gasteiger partial charge on any atom is -0.372 e. The molecule has 0 spiro atoms. The molecule has 6 heteroatoms. The Hall–Kier alpha value is -2.37. The van der Waals surface area contributed by atoms with E-state index in [9.17, 15) is 4.79 Å². The second-order valence-corrected chi connectivity index (χ2v) is 6.89. The maximum absolute atomic E-state index is 12.5. The van der Waals surface area contributed by atoms with Gasteiger partial charge in [-0.05, 0) is 38.0 Å². The van der Waals surface area contributed by atoms with Crippen LogP contribution >= 0.6 is 0 Å². The van der Waals surface area contributed by atoms with Gasteiger partial charge in [-0.1, -0.05) is 25.5 Å². The summed E-state index contributed by atoms with van der Waals surface area (Å²) < 4.78 is 0. The zero-order chi connectivity index (χ0) is 18.7. The Morgan fingerprint density at radius 3 is 2.46 bits per heavy atom. The third-order valence-electron chi connectivity index (χ3n) is 5.10. The molecule has 0 saturated heterocycles. The lowest BCUT2D eigenvalue weighted by molar-refractivity contribution is -0.124. The summed E-state index contributed by atoms with van der Waals surface area (Å²) in [5.74, 6) is 0.739. The number of rotatable bonds is 7. The van der Waals surface area contributed by atoms with E-state index in [0.717, 1.165) is 43.0 Å². The molecule has 1 amide bonds. The normalized spacial score (nSPS) is 21.8. The van der Waals surface area contributed by atoms with Gasteiger partial charge >= 0.3 is 0 Å². The van der Waals surface area contributed by atoms with Crippen LogP contribution in [0.25, 0.3) is 0 Å². The Morgan fingerprint density at radius 1 is 1.15 bits per heavy atom. The zero-order valence-corrected chi connectivity index (χ0v) is 16.2. The summed E-state index contributed by atoms with van der Waals surface area (Å²) in [6.07, 6.45) is 2.53. The molecule has 0 saturated carbocycles. The van der Waals surface area contributed by atoms with Gasteiger partial charge in [-0.25, -0.2) is 0 Å². The van der Waals surface area contributed by atoms with Gasteiger partial charge in [0.15, 0.2) is 6.04 Å². The van der Waals surface area contributed by atoms with Gasteiger partial charge in [-0.3, -0.25) is 14.8 Å². The van der Waals surface area contributed by atoms with Crippen LogP contribution in [0.15, 0.2) is 34.4 Å². The number of amidine groups is 1. The van der Waals surface area contributed by atoms with Gasteiger partial charge < -0.3 is 10.2 Å². The van der Waals surface area contributed by atoms with E-state index in [-0.39, 0.29) is 18.0 Å². The Kier molecular flexibility index (Phi) is 5.59. The second-order valence-electron chi connectivity index (χ2n) is 6.89. The fourth-order valence-corrected chi connectivity index (χ4v) is 3.74. The summed E-state index contributed by atoms with van der Waals surface area (Å²) in [6, 6.07) is 8.09. The highest BCUT2D eigenvalue weighted by molar-refractivity contribution is 6.09. The first-order valence-corrected chi connectivity index (χ1v) is 9.59. The van der Waals surface area contributed by atoms with Crippen molar-refractivity contribution in [1.82, 2.24) is 10.3 Å². The van der Waals surface area contributed by atoms with Crippen LogP contribution in [-0.4, -0.2) is 54.7 Å². The average molecular weight is 355 g/mol. The minimum atomic E-state index is -0.301. The SMILES string of the molecule is CCCC1=NN(C)C2C(=O)NC(Cc3ccc(N(CC)CC)cc3)=NC12. The first kappa shape index (κ1) is 18.4. The number of nitrogens with one attached hydrogen (secondary N) is 1. The number of hydrogen-bond acceptors (Lipinski definition) is 5. The fraction of sp³-hybridized carbons (Fsp3) is 0.550. The van der Waals surface area contributed by atoms with E-state index < -0.39 is 0 Å². The molecule has 2 heterocycles. The molecule has 0 bridgehead atoms. The van der Waals surface area contributed by atoms with E-state index in [1.54, 1.807) is 5.01 Å². The van der Waals surface area contributed by atoms with E-state index >= 15 is 0 Å². The molecule has 6 nitrogen and oxygen atoms in total. The number of aliphatic imine (C=N–C) groups is 1. The molecule has 2 atom stereocenters. The van der Waals surface area contributed by atoms with Crippen molar-refractivity contribution in [3.63, 3.8) is 0 Å². The summed E-state index contributed by atoms with van der Waals surface area (Å²) in [4.78, 5) is 19.7. The molecule has 2 aliphatic heterocycles. The van der Waals surface area contributed by atoms with Crippen LogP contribution in [0.1, 0.15) is 39.2 Å². The third-order valence-corrected chi connectivity index (χ3v) is 5.10. The van der Waals surface area contributed by atoms with E-state index in [1.807, 2.05) is 7.05 Å². The lowest BCUT2D eigenvalue weighted by Crippen LogP contribution is -2.54. The number of anilines is 1. The molecule has 2 aliphatic rings. The maximum Gasteiger partial charge on any atom is 0.252 e. The molecule has 0 radical (unpaired) electrons. The highest BCUT2D eigenvalue weighted by Crippen LogP contribution is 2.23. The number of hydrogen-bond donors (Lipinski definition) is 1. The molecular weight excluding hydrogens is 326 g/mol. The largest absolute Gasteiger partial charge is 0.372 e. The van der Waals surface area contributed by atoms with Crippen LogP contribution in [0.2, 0.25) is 0 Å². The molecule has 1 aromatic carbocycles. The molecule has 1 aromatic rings. The van der Waals surface area contributed by atoms with Crippen molar-refractivity contribution in [2.45, 2.75) is 52.1 Å². The van der Waals surface area contributed by atoms with Gasteiger partial charge in [0, 0.05) is 32.2 Å². The number of hydrazone groups is 1. The van der Waals surface area contributed by atoms with Crippen LogP contribution in [0.4, 0.5) is 5.69 Å². The summed E-state index contributed by atoms with van der Waals surface area (Å²) in [6.45, 7) is 8.44. The van der Waals surface area contributed by atoms with Crippen molar-refractivity contribution in [3.8, 4) is 0 Å². The average Bonchev–Trinajstić information content (AvgIpc) is 2.94. The predicted octanol–water partition coefficient (Wildman–Crippen LogP) is 2.44. The lowest BCUT2D eigenvalue weighted by Gasteiger charge is -2.27. The first-order chi connectivity index (χ1) is 12.6. The number of carbonyl (C=O) groups excluding carboxylic acids is 1. The summed E-state index contributed by atoms with van der Waals surface area (Å²) in [5, 5.41) is 9.27. The molecule has 1 N–H and O–H groups in total. The summed E-state index contributed by atoms with van der Waals surface area (Å²) in [7, 11) is 1.85. The summed E-state index contributed by atoms with van der Waals surface area (Å²) >= 11 is 0. The van der Waals surface area contributed by atoms with E-state index in [1.165, 1.54) is 5.69 Å². The van der Waals surface area contributed by atoms with Crippen LogP contribution in [0.5, 0.6) is 0 Å². The van der Waals surface area contributed by atoms with Crippen molar-refractivity contribution in [2.75, 3.05) is 25.0 Å². The van der Waals surface area contributed by atoms with Gasteiger partial charge in [0.25, 0.3) is 5.91 Å². The smallest absolute Gasteiger partial charge is 0.252 e. The van der Waals surface area contributed by atoms with Crippen LogP contribution in [0.3, 0.4) is 0 Å². The van der Waals surface area contributed by atoms with Gasteiger partial charge in [-0.2, -0.15) is 5.10 Å². The van der Waals surface area contributed by atoms with E-state index in [2.05, 4.69) is 60.4 Å². The van der Waals surface area contributed by atoms with Crippen molar-refractivity contribution in [2.24, 2.45) is 10.1 Å². The van der Waals surface area contributed by atoms with Crippen molar-refractivity contribution in [1.29, 1.82) is 0 Å². The second kappa shape index (κ2) is 7.89. The van der Waals surface area contributed by atoms with Crippen molar-refractivity contribution in [3.05, 3.63) is 29.8 Å². The van der Waals surface area contributed by atoms with E-state index in [4.69, 9.17) is 4.99 Å². The Bertz CT molecular complexity index is 705. The zero-order valence-electron chi connectivity index (χ0n) is 16.2. The number of likely N-dealkylation sites (N-methyl/N-ethyl adjacent to an activating group) is 1. The van der Waals surface area contributed by atoms with Crippen LogP contribution in [0, 0.1) is 0 Å². The number of amides is 1. The van der Waals surface area contributed by atoms with Crippen LogP contribution < -0.4 is 10.2 Å². The Morgan fingerprint density at radius 2 is 1.85 bits per heavy atom. The van der Waals surface area contributed by atoms with Crippen LogP contribution in [-0.2, 0) is 11.2 Å². The highest BCUT2D eigenvalue weighted by Gasteiger charge is 2.43. The highest BCUT2D eigenvalue weighted by atomic mass is 16.2. The minimum absolute atomic E-state index is 0.00267. The first-order valence-electron chi connectivity index (χ1n) is 9.59. The lowest BCUT2D eigenvalue weighted by atomic mass is 9.98.